The Morgan fingerprint density at radius 1 is 1.14 bits per heavy atom. The molecule has 0 aromatic heterocycles. The molecule has 156 valence electrons. The number of rotatable bonds is 6. The highest BCUT2D eigenvalue weighted by Gasteiger charge is 2.33. The number of likely N-dealkylation sites (tertiary alicyclic amines) is 1. The van der Waals surface area contributed by atoms with Gasteiger partial charge in [0.1, 0.15) is 0 Å². The lowest BCUT2D eigenvalue weighted by Gasteiger charge is -2.32. The summed E-state index contributed by atoms with van der Waals surface area (Å²) in [6, 6.07) is 5.78. The quantitative estimate of drug-likeness (QED) is 0.753. The number of likely N-dealkylation sites (N-methyl/N-ethyl adjacent to an activating group) is 1. The van der Waals surface area contributed by atoms with Gasteiger partial charge < -0.3 is 20.0 Å². The Morgan fingerprint density at radius 2 is 1.79 bits per heavy atom. The predicted octanol–water partition coefficient (Wildman–Crippen LogP) is 0.898. The molecule has 8 nitrogen and oxygen atoms in total. The summed E-state index contributed by atoms with van der Waals surface area (Å²) in [5.74, 6) is -0.179. The molecule has 0 radical (unpaired) electrons. The molecule has 1 fully saturated rings. The van der Waals surface area contributed by atoms with E-state index in [1.54, 1.807) is 19.0 Å². The number of amides is 3. The number of piperidine rings is 1. The molecule has 1 saturated heterocycles. The third-order valence-electron chi connectivity index (χ3n) is 4.78. The molecule has 1 unspecified atom stereocenters. The van der Waals surface area contributed by atoms with Crippen LogP contribution in [0, 0.1) is 0 Å². The first-order valence-electron chi connectivity index (χ1n) is 9.36. The minimum absolute atomic E-state index is 0.175. The third kappa shape index (κ3) is 5.45. The van der Waals surface area contributed by atoms with Crippen molar-refractivity contribution < 1.29 is 18.0 Å². The van der Waals surface area contributed by atoms with E-state index in [2.05, 4.69) is 5.32 Å². The number of urea groups is 1. The number of hydrogen-bond donors (Lipinski definition) is 1. The van der Waals surface area contributed by atoms with E-state index in [0.717, 1.165) is 6.54 Å². The molecule has 1 aliphatic heterocycles. The second-order valence-electron chi connectivity index (χ2n) is 7.51. The van der Waals surface area contributed by atoms with Crippen LogP contribution in [-0.2, 0) is 9.84 Å². The molecule has 3 amide bonds. The molecule has 1 heterocycles. The zero-order valence-electron chi connectivity index (χ0n) is 17.0. The van der Waals surface area contributed by atoms with Crippen LogP contribution in [0.1, 0.15) is 23.2 Å². The first kappa shape index (κ1) is 22.2. The lowest BCUT2D eigenvalue weighted by Crippen LogP contribution is -2.49. The van der Waals surface area contributed by atoms with Crippen LogP contribution in [-0.4, -0.2) is 94.7 Å². The van der Waals surface area contributed by atoms with Crippen molar-refractivity contribution in [1.29, 1.82) is 0 Å². The van der Waals surface area contributed by atoms with E-state index in [-0.39, 0.29) is 23.4 Å². The number of sulfone groups is 1. The number of nitrogens with one attached hydrogen (secondary N) is 1. The highest BCUT2D eigenvalue weighted by molar-refractivity contribution is 7.92. The van der Waals surface area contributed by atoms with Crippen molar-refractivity contribution in [2.24, 2.45) is 0 Å². The van der Waals surface area contributed by atoms with E-state index in [0.29, 0.717) is 31.5 Å². The Kier molecular flexibility index (Phi) is 7.42. The topological polar surface area (TPSA) is 90.0 Å². The molecular weight excluding hydrogens is 380 g/mol. The van der Waals surface area contributed by atoms with Gasteiger partial charge in [0.25, 0.3) is 5.91 Å². The standard InChI is InChI=1S/C19H30N4O4S/c1-21(2)13-11-20-19(25)23-12-5-6-17(14-23)28(26,27)16-9-7-15(8-10-16)18(24)22(3)4/h7-10,17H,5-6,11-14H2,1-4H3,(H,20,25). The molecule has 1 N–H and O–H groups in total. The molecule has 0 bridgehead atoms. The fourth-order valence-corrected chi connectivity index (χ4v) is 4.87. The van der Waals surface area contributed by atoms with Crippen molar-refractivity contribution in [3.63, 3.8) is 0 Å². The number of benzene rings is 1. The number of hydrogen-bond acceptors (Lipinski definition) is 5. The van der Waals surface area contributed by atoms with Gasteiger partial charge in [-0.05, 0) is 51.2 Å². The van der Waals surface area contributed by atoms with Crippen LogP contribution in [0.5, 0.6) is 0 Å². The van der Waals surface area contributed by atoms with Gasteiger partial charge in [-0.15, -0.1) is 0 Å². The fourth-order valence-electron chi connectivity index (χ4n) is 3.11. The van der Waals surface area contributed by atoms with Gasteiger partial charge in [-0.1, -0.05) is 0 Å². The lowest BCUT2D eigenvalue weighted by molar-refractivity contribution is 0.0827. The summed E-state index contributed by atoms with van der Waals surface area (Å²) in [5, 5.41) is 2.19. The third-order valence-corrected chi connectivity index (χ3v) is 6.97. The highest BCUT2D eigenvalue weighted by Crippen LogP contribution is 2.24. The Morgan fingerprint density at radius 3 is 2.36 bits per heavy atom. The van der Waals surface area contributed by atoms with Crippen LogP contribution >= 0.6 is 0 Å². The van der Waals surface area contributed by atoms with Crippen LogP contribution in [0.15, 0.2) is 29.2 Å². The summed E-state index contributed by atoms with van der Waals surface area (Å²) < 4.78 is 26.0. The van der Waals surface area contributed by atoms with E-state index >= 15 is 0 Å². The Labute approximate surface area is 167 Å². The van der Waals surface area contributed by atoms with E-state index in [1.165, 1.54) is 29.2 Å². The van der Waals surface area contributed by atoms with E-state index < -0.39 is 15.1 Å². The Balaban J connectivity index is 2.06. The largest absolute Gasteiger partial charge is 0.345 e. The van der Waals surface area contributed by atoms with Crippen molar-refractivity contribution >= 4 is 21.8 Å². The van der Waals surface area contributed by atoms with Crippen LogP contribution in [0.4, 0.5) is 4.79 Å². The molecule has 2 rings (SSSR count). The minimum Gasteiger partial charge on any atom is -0.345 e. The maximum absolute atomic E-state index is 13.0. The second-order valence-corrected chi connectivity index (χ2v) is 9.74. The first-order valence-corrected chi connectivity index (χ1v) is 10.9. The first-order chi connectivity index (χ1) is 13.1. The minimum atomic E-state index is -3.58. The SMILES string of the molecule is CN(C)CCNC(=O)N1CCCC(S(=O)(=O)c2ccc(C(=O)N(C)C)cc2)C1. The van der Waals surface area contributed by atoms with Crippen LogP contribution in [0.3, 0.4) is 0 Å². The zero-order valence-corrected chi connectivity index (χ0v) is 17.8. The summed E-state index contributed by atoms with van der Waals surface area (Å²) in [6.45, 7) is 1.96. The Bertz CT molecular complexity index is 791. The summed E-state index contributed by atoms with van der Waals surface area (Å²) in [7, 11) is 3.56. The van der Waals surface area contributed by atoms with Gasteiger partial charge in [0.15, 0.2) is 9.84 Å². The molecule has 1 aromatic rings. The molecule has 9 heteroatoms. The molecule has 0 saturated carbocycles. The van der Waals surface area contributed by atoms with Gasteiger partial charge >= 0.3 is 6.03 Å². The molecule has 0 aliphatic carbocycles. The van der Waals surface area contributed by atoms with E-state index in [1.807, 2.05) is 19.0 Å². The molecule has 0 spiro atoms. The van der Waals surface area contributed by atoms with E-state index in [4.69, 9.17) is 0 Å². The molecule has 1 aromatic carbocycles. The van der Waals surface area contributed by atoms with Gasteiger partial charge in [-0.25, -0.2) is 13.2 Å². The van der Waals surface area contributed by atoms with Crippen LogP contribution < -0.4 is 5.32 Å². The summed E-state index contributed by atoms with van der Waals surface area (Å²) in [5.41, 5.74) is 0.439. The zero-order chi connectivity index (χ0) is 20.9. The molecule has 28 heavy (non-hydrogen) atoms. The van der Waals surface area contributed by atoms with Crippen molar-refractivity contribution in [2.45, 2.75) is 23.0 Å². The van der Waals surface area contributed by atoms with Gasteiger partial charge in [-0.2, -0.15) is 0 Å². The van der Waals surface area contributed by atoms with Gasteiger partial charge in [0.05, 0.1) is 10.1 Å². The van der Waals surface area contributed by atoms with Crippen molar-refractivity contribution in [2.75, 3.05) is 54.4 Å². The maximum Gasteiger partial charge on any atom is 0.317 e. The lowest BCUT2D eigenvalue weighted by atomic mass is 10.1. The molecule has 1 aliphatic rings. The van der Waals surface area contributed by atoms with Gasteiger partial charge in [-0.3, -0.25) is 4.79 Å². The monoisotopic (exact) mass is 410 g/mol. The number of carbonyl (C=O) groups excluding carboxylic acids is 2. The highest BCUT2D eigenvalue weighted by atomic mass is 32.2. The summed E-state index contributed by atoms with van der Waals surface area (Å²) >= 11 is 0. The normalized spacial score (nSPS) is 17.5. The van der Waals surface area contributed by atoms with Crippen LogP contribution in [0.25, 0.3) is 0 Å². The van der Waals surface area contributed by atoms with Crippen molar-refractivity contribution in [3.05, 3.63) is 29.8 Å². The second kappa shape index (κ2) is 9.38. The average molecular weight is 411 g/mol. The van der Waals surface area contributed by atoms with E-state index in [9.17, 15) is 18.0 Å². The van der Waals surface area contributed by atoms with Crippen LogP contribution in [0.2, 0.25) is 0 Å². The summed E-state index contributed by atoms with van der Waals surface area (Å²) in [6.07, 6.45) is 1.16. The average Bonchev–Trinajstić information content (AvgIpc) is 2.67. The number of carbonyl (C=O) groups is 2. The molecular formula is C19H30N4O4S. The molecule has 1 atom stereocenters. The Hall–Kier alpha value is -2.13. The summed E-state index contributed by atoms with van der Waals surface area (Å²) in [4.78, 5) is 29.5. The van der Waals surface area contributed by atoms with Crippen molar-refractivity contribution in [1.82, 2.24) is 20.0 Å². The smallest absolute Gasteiger partial charge is 0.317 e. The maximum atomic E-state index is 13.0. The van der Waals surface area contributed by atoms with Gasteiger partial charge in [0, 0.05) is 45.8 Å². The number of nitrogens with zero attached hydrogens (tertiary/aromatic N) is 3. The van der Waals surface area contributed by atoms with Gasteiger partial charge in [0.2, 0.25) is 0 Å². The fraction of sp³-hybridized carbons (Fsp3) is 0.579. The van der Waals surface area contributed by atoms with Crippen molar-refractivity contribution in [3.8, 4) is 0 Å². The predicted molar refractivity (Wildman–Crippen MR) is 108 cm³/mol.